The second-order valence-electron chi connectivity index (χ2n) is 3.20. The third-order valence-electron chi connectivity index (χ3n) is 1.95. The molecule has 0 aliphatic heterocycles. The summed E-state index contributed by atoms with van der Waals surface area (Å²) in [5.41, 5.74) is 4.75. The Bertz CT molecular complexity index is 440. The minimum Gasteiger partial charge on any atom is -0.480 e. The molecule has 94 valence electrons. The number of hydrogen-bond donors (Lipinski definition) is 2. The lowest BCUT2D eigenvalue weighted by atomic mass is 10.0. The Morgan fingerprint density at radius 2 is 1.94 bits per heavy atom. The van der Waals surface area contributed by atoms with Crippen LogP contribution in [0.25, 0.3) is 0 Å². The summed E-state index contributed by atoms with van der Waals surface area (Å²) in [4.78, 5) is 21.8. The first-order chi connectivity index (χ1) is 7.41. The Morgan fingerprint density at radius 3 is 2.41 bits per heavy atom. The molecule has 1 rings (SSSR count). The molecule has 1 unspecified atom stereocenters. The maximum Gasteiger partial charge on any atom is 0.320 e. The van der Waals surface area contributed by atoms with Crippen molar-refractivity contribution in [2.75, 3.05) is 0 Å². The summed E-state index contributed by atoms with van der Waals surface area (Å²) in [6.45, 7) is 0. The van der Waals surface area contributed by atoms with Gasteiger partial charge in [-0.05, 0) is 12.1 Å². The zero-order valence-electron chi connectivity index (χ0n) is 8.52. The summed E-state index contributed by atoms with van der Waals surface area (Å²) in [5.74, 6) is -3.96. The molecule has 0 saturated carbocycles. The fourth-order valence-corrected chi connectivity index (χ4v) is 1.11. The van der Waals surface area contributed by atoms with E-state index in [0.717, 1.165) is 12.1 Å². The first-order valence-corrected chi connectivity index (χ1v) is 4.38. The van der Waals surface area contributed by atoms with Crippen LogP contribution >= 0.6 is 12.4 Å². The van der Waals surface area contributed by atoms with Gasteiger partial charge >= 0.3 is 5.97 Å². The second kappa shape index (κ2) is 6.27. The predicted octanol–water partition coefficient (Wildman–Crippen LogP) is 1.37. The standard InChI is InChI=1S/C10H9F2NO3.ClH/c11-5-1-2-6(7(12)3-5)9(14)4-8(13)10(15)16;/h1-3,8H,4,13H2,(H,15,16);1H. The summed E-state index contributed by atoms with van der Waals surface area (Å²) in [7, 11) is 0. The number of benzene rings is 1. The molecule has 0 bridgehead atoms. The fourth-order valence-electron chi connectivity index (χ4n) is 1.11. The van der Waals surface area contributed by atoms with Gasteiger partial charge in [0.15, 0.2) is 5.78 Å². The van der Waals surface area contributed by atoms with Gasteiger partial charge in [-0.15, -0.1) is 12.4 Å². The topological polar surface area (TPSA) is 80.4 Å². The van der Waals surface area contributed by atoms with Crippen molar-refractivity contribution in [2.24, 2.45) is 5.73 Å². The Balaban J connectivity index is 0.00000256. The van der Waals surface area contributed by atoms with Gasteiger partial charge in [0.2, 0.25) is 0 Å². The number of ketones is 1. The van der Waals surface area contributed by atoms with Crippen molar-refractivity contribution in [3.05, 3.63) is 35.4 Å². The molecule has 3 N–H and O–H groups in total. The molecule has 0 amide bonds. The maximum absolute atomic E-state index is 13.1. The lowest BCUT2D eigenvalue weighted by Gasteiger charge is -2.06. The molecule has 0 spiro atoms. The van der Waals surface area contributed by atoms with E-state index in [9.17, 15) is 18.4 Å². The van der Waals surface area contributed by atoms with Gasteiger partial charge in [-0.1, -0.05) is 0 Å². The molecule has 0 fully saturated rings. The number of carboxylic acids is 1. The van der Waals surface area contributed by atoms with E-state index in [4.69, 9.17) is 10.8 Å². The number of aliphatic carboxylic acids is 1. The Morgan fingerprint density at radius 1 is 1.35 bits per heavy atom. The van der Waals surface area contributed by atoms with Crippen molar-refractivity contribution < 1.29 is 23.5 Å². The minimum atomic E-state index is -1.39. The van der Waals surface area contributed by atoms with Crippen LogP contribution in [0.4, 0.5) is 8.78 Å². The number of nitrogens with two attached hydrogens (primary N) is 1. The summed E-state index contributed by atoms with van der Waals surface area (Å²) < 4.78 is 25.6. The van der Waals surface area contributed by atoms with Crippen molar-refractivity contribution in [2.45, 2.75) is 12.5 Å². The molecule has 17 heavy (non-hydrogen) atoms. The van der Waals surface area contributed by atoms with Crippen molar-refractivity contribution >= 4 is 24.2 Å². The number of carbonyl (C=O) groups excluding carboxylic acids is 1. The van der Waals surface area contributed by atoms with Gasteiger partial charge in [-0.25, -0.2) is 8.78 Å². The molecule has 0 saturated heterocycles. The maximum atomic E-state index is 13.1. The lowest BCUT2D eigenvalue weighted by molar-refractivity contribution is -0.138. The number of halogens is 3. The van der Waals surface area contributed by atoms with Crippen LogP contribution in [0, 0.1) is 11.6 Å². The van der Waals surface area contributed by atoms with Crippen LogP contribution in [0.2, 0.25) is 0 Å². The lowest BCUT2D eigenvalue weighted by Crippen LogP contribution is -2.32. The van der Waals surface area contributed by atoms with Crippen molar-refractivity contribution in [1.29, 1.82) is 0 Å². The molecule has 7 heteroatoms. The highest BCUT2D eigenvalue weighted by Gasteiger charge is 2.19. The quantitative estimate of drug-likeness (QED) is 0.806. The molecule has 4 nitrogen and oxygen atoms in total. The average Bonchev–Trinajstić information content (AvgIpc) is 2.16. The molecule has 1 aromatic rings. The number of carboxylic acid groups (broad SMARTS) is 1. The van der Waals surface area contributed by atoms with Gasteiger partial charge in [0.25, 0.3) is 0 Å². The number of carbonyl (C=O) groups is 2. The molecule has 0 radical (unpaired) electrons. The van der Waals surface area contributed by atoms with E-state index in [-0.39, 0.29) is 18.0 Å². The molecule has 0 aliphatic rings. The summed E-state index contributed by atoms with van der Waals surface area (Å²) in [5, 5.41) is 8.46. The molecular formula is C10H10ClF2NO3. The third-order valence-corrected chi connectivity index (χ3v) is 1.95. The van der Waals surface area contributed by atoms with Gasteiger partial charge in [0.1, 0.15) is 17.7 Å². The van der Waals surface area contributed by atoms with Gasteiger partial charge in [0.05, 0.1) is 5.56 Å². The van der Waals surface area contributed by atoms with Crippen LogP contribution in [0.5, 0.6) is 0 Å². The van der Waals surface area contributed by atoms with E-state index >= 15 is 0 Å². The summed E-state index contributed by atoms with van der Waals surface area (Å²) in [6.07, 6.45) is -0.530. The minimum absolute atomic E-state index is 0. The van der Waals surface area contributed by atoms with Crippen LogP contribution < -0.4 is 5.73 Å². The van der Waals surface area contributed by atoms with E-state index in [2.05, 4.69) is 0 Å². The summed E-state index contributed by atoms with van der Waals surface area (Å²) in [6, 6.07) is 1.04. The normalized spacial score (nSPS) is 11.5. The van der Waals surface area contributed by atoms with Crippen LogP contribution in [-0.2, 0) is 4.79 Å². The van der Waals surface area contributed by atoms with E-state index in [1.807, 2.05) is 0 Å². The van der Waals surface area contributed by atoms with Crippen LogP contribution in [0.3, 0.4) is 0 Å². The number of rotatable bonds is 4. The van der Waals surface area contributed by atoms with Gasteiger partial charge < -0.3 is 10.8 Å². The van der Waals surface area contributed by atoms with Crippen LogP contribution in [0.15, 0.2) is 18.2 Å². The smallest absolute Gasteiger partial charge is 0.320 e. The zero-order valence-corrected chi connectivity index (χ0v) is 9.34. The molecule has 0 aliphatic carbocycles. The predicted molar refractivity (Wildman–Crippen MR) is 58.2 cm³/mol. The number of hydrogen-bond acceptors (Lipinski definition) is 3. The average molecular weight is 266 g/mol. The first kappa shape index (κ1) is 15.5. The number of Topliss-reactive ketones (excluding diaryl/α,β-unsaturated/α-hetero) is 1. The van der Waals surface area contributed by atoms with Crippen LogP contribution in [-0.4, -0.2) is 22.9 Å². The highest BCUT2D eigenvalue weighted by atomic mass is 35.5. The highest BCUT2D eigenvalue weighted by molar-refractivity contribution is 5.98. The molecule has 1 atom stereocenters. The van der Waals surface area contributed by atoms with E-state index in [1.165, 1.54) is 0 Å². The molecule has 1 aromatic carbocycles. The largest absolute Gasteiger partial charge is 0.480 e. The highest BCUT2D eigenvalue weighted by Crippen LogP contribution is 2.12. The third kappa shape index (κ3) is 4.08. The second-order valence-corrected chi connectivity index (χ2v) is 3.20. The molecular weight excluding hydrogens is 256 g/mol. The van der Waals surface area contributed by atoms with E-state index in [0.29, 0.717) is 6.07 Å². The Hall–Kier alpha value is -1.53. The molecule has 0 heterocycles. The van der Waals surface area contributed by atoms with Gasteiger partial charge in [0, 0.05) is 12.5 Å². The van der Waals surface area contributed by atoms with Gasteiger partial charge in [-0.2, -0.15) is 0 Å². The van der Waals surface area contributed by atoms with E-state index in [1.54, 1.807) is 0 Å². The Labute approximate surface area is 102 Å². The monoisotopic (exact) mass is 265 g/mol. The Kier molecular flexibility index (Phi) is 5.70. The molecule has 0 aromatic heterocycles. The van der Waals surface area contributed by atoms with E-state index < -0.39 is 35.8 Å². The zero-order chi connectivity index (χ0) is 12.3. The fraction of sp³-hybridized carbons (Fsp3) is 0.200. The summed E-state index contributed by atoms with van der Waals surface area (Å²) >= 11 is 0. The van der Waals surface area contributed by atoms with Crippen molar-refractivity contribution in [3.8, 4) is 0 Å². The SMILES string of the molecule is Cl.NC(CC(=O)c1ccc(F)cc1F)C(=O)O. The van der Waals surface area contributed by atoms with Crippen LogP contribution in [0.1, 0.15) is 16.8 Å². The van der Waals surface area contributed by atoms with Crippen molar-refractivity contribution in [3.63, 3.8) is 0 Å². The first-order valence-electron chi connectivity index (χ1n) is 4.38. The van der Waals surface area contributed by atoms with Gasteiger partial charge in [-0.3, -0.25) is 9.59 Å². The van der Waals surface area contributed by atoms with Crippen molar-refractivity contribution in [1.82, 2.24) is 0 Å².